The number of fused-ring (bicyclic) bond motifs is 1. The number of nitrogens with one attached hydrogen (secondary N) is 1. The van der Waals surface area contributed by atoms with Crippen molar-refractivity contribution < 1.29 is 4.74 Å². The molecule has 0 radical (unpaired) electrons. The highest BCUT2D eigenvalue weighted by atomic mass is 16.5. The highest BCUT2D eigenvalue weighted by Crippen LogP contribution is 2.17. The van der Waals surface area contributed by atoms with E-state index in [4.69, 9.17) is 4.74 Å². The molecule has 0 amide bonds. The minimum Gasteiger partial charge on any atom is -0.380 e. The van der Waals surface area contributed by atoms with E-state index in [0.29, 0.717) is 5.92 Å². The zero-order valence-corrected chi connectivity index (χ0v) is 11.9. The van der Waals surface area contributed by atoms with E-state index >= 15 is 0 Å². The number of ether oxygens (including phenoxy) is 1. The van der Waals surface area contributed by atoms with Crippen molar-refractivity contribution in [3.05, 3.63) is 48.0 Å². The molecule has 1 N–H and O–H groups in total. The second-order valence-corrected chi connectivity index (χ2v) is 5.28. The quantitative estimate of drug-likeness (QED) is 0.765. The summed E-state index contributed by atoms with van der Waals surface area (Å²) in [5.41, 5.74) is 1.35. The van der Waals surface area contributed by atoms with Crippen LogP contribution in [0.2, 0.25) is 0 Å². The predicted octanol–water partition coefficient (Wildman–Crippen LogP) is 3.60. The van der Waals surface area contributed by atoms with E-state index < -0.39 is 0 Å². The first kappa shape index (κ1) is 14.0. The fourth-order valence-electron chi connectivity index (χ4n) is 2.13. The first-order chi connectivity index (χ1) is 9.27. The molecule has 2 heteroatoms. The lowest BCUT2D eigenvalue weighted by Crippen LogP contribution is -2.20. The van der Waals surface area contributed by atoms with Gasteiger partial charge in [0.05, 0.1) is 6.61 Å². The van der Waals surface area contributed by atoms with Crippen LogP contribution in [0.15, 0.2) is 42.5 Å². The zero-order valence-electron chi connectivity index (χ0n) is 11.9. The van der Waals surface area contributed by atoms with Gasteiger partial charge in [-0.2, -0.15) is 0 Å². The van der Waals surface area contributed by atoms with Gasteiger partial charge in [-0.15, -0.1) is 0 Å². The fraction of sp³-hybridized carbons (Fsp3) is 0.412. The number of hydrogen-bond acceptors (Lipinski definition) is 2. The van der Waals surface area contributed by atoms with Crippen LogP contribution in [0.5, 0.6) is 0 Å². The molecule has 0 aliphatic carbocycles. The maximum absolute atomic E-state index is 5.56. The van der Waals surface area contributed by atoms with Crippen molar-refractivity contribution in [2.75, 3.05) is 19.8 Å². The lowest BCUT2D eigenvalue weighted by Gasteiger charge is -2.09. The normalized spacial score (nSPS) is 11.3. The molecule has 0 spiro atoms. The van der Waals surface area contributed by atoms with Gasteiger partial charge < -0.3 is 10.1 Å². The molecule has 0 bridgehead atoms. The van der Waals surface area contributed by atoms with Gasteiger partial charge in [0.25, 0.3) is 0 Å². The molecule has 102 valence electrons. The van der Waals surface area contributed by atoms with Crippen molar-refractivity contribution in [3.8, 4) is 0 Å². The molecule has 0 saturated carbocycles. The lowest BCUT2D eigenvalue weighted by atomic mass is 10.0. The third-order valence-electron chi connectivity index (χ3n) is 3.07. The van der Waals surface area contributed by atoms with Crippen LogP contribution in [0, 0.1) is 5.92 Å². The minimum atomic E-state index is 0.609. The van der Waals surface area contributed by atoms with Crippen LogP contribution in [0.4, 0.5) is 0 Å². The van der Waals surface area contributed by atoms with E-state index in [1.54, 1.807) is 0 Å². The van der Waals surface area contributed by atoms with Crippen LogP contribution >= 0.6 is 0 Å². The Balaban J connectivity index is 1.82. The summed E-state index contributed by atoms with van der Waals surface area (Å²) in [5, 5.41) is 6.08. The van der Waals surface area contributed by atoms with Gasteiger partial charge in [0, 0.05) is 19.7 Å². The van der Waals surface area contributed by atoms with Gasteiger partial charge in [0.1, 0.15) is 0 Å². The molecule has 0 aliphatic heterocycles. The maximum atomic E-state index is 5.56. The topological polar surface area (TPSA) is 21.3 Å². The summed E-state index contributed by atoms with van der Waals surface area (Å²) in [4.78, 5) is 0. The van der Waals surface area contributed by atoms with Gasteiger partial charge in [-0.3, -0.25) is 0 Å². The molecule has 0 aliphatic rings. The molecular weight excluding hydrogens is 234 g/mol. The highest BCUT2D eigenvalue weighted by Gasteiger charge is 1.99. The molecule has 2 aromatic carbocycles. The standard InChI is InChI=1S/C17H23NO/c1-14(2)13-19-11-10-18-12-16-8-5-7-15-6-3-4-9-17(15)16/h3-9,14,18H,10-13H2,1-2H3. The zero-order chi connectivity index (χ0) is 13.5. The van der Waals surface area contributed by atoms with Gasteiger partial charge in [0.2, 0.25) is 0 Å². The molecule has 0 heterocycles. The molecule has 0 fully saturated rings. The van der Waals surface area contributed by atoms with Crippen molar-refractivity contribution in [2.24, 2.45) is 5.92 Å². The Morgan fingerprint density at radius 1 is 1.05 bits per heavy atom. The minimum absolute atomic E-state index is 0.609. The Hall–Kier alpha value is -1.38. The summed E-state index contributed by atoms with van der Waals surface area (Å²) in [6.07, 6.45) is 0. The predicted molar refractivity (Wildman–Crippen MR) is 81.3 cm³/mol. The number of benzene rings is 2. The van der Waals surface area contributed by atoms with Crippen LogP contribution in [0.3, 0.4) is 0 Å². The summed E-state index contributed by atoms with van der Waals surface area (Å²) in [7, 11) is 0. The first-order valence-corrected chi connectivity index (χ1v) is 7.02. The largest absolute Gasteiger partial charge is 0.380 e. The third-order valence-corrected chi connectivity index (χ3v) is 3.07. The SMILES string of the molecule is CC(C)COCCNCc1cccc2ccccc12. The molecule has 2 nitrogen and oxygen atoms in total. The fourth-order valence-corrected chi connectivity index (χ4v) is 2.13. The Morgan fingerprint density at radius 3 is 2.68 bits per heavy atom. The molecule has 0 unspecified atom stereocenters. The second kappa shape index (κ2) is 7.27. The summed E-state index contributed by atoms with van der Waals surface area (Å²) in [6.45, 7) is 7.76. The van der Waals surface area contributed by atoms with E-state index in [0.717, 1.165) is 26.3 Å². The number of hydrogen-bond donors (Lipinski definition) is 1. The Bertz CT molecular complexity index is 502. The Labute approximate surface area is 115 Å². The van der Waals surface area contributed by atoms with E-state index in [1.807, 2.05) is 0 Å². The van der Waals surface area contributed by atoms with E-state index in [1.165, 1.54) is 16.3 Å². The van der Waals surface area contributed by atoms with Gasteiger partial charge in [0.15, 0.2) is 0 Å². The molecule has 19 heavy (non-hydrogen) atoms. The maximum Gasteiger partial charge on any atom is 0.0591 e. The average Bonchev–Trinajstić information content (AvgIpc) is 2.42. The van der Waals surface area contributed by atoms with Crippen LogP contribution < -0.4 is 5.32 Å². The molecule has 0 saturated heterocycles. The van der Waals surface area contributed by atoms with Gasteiger partial charge in [-0.05, 0) is 22.3 Å². The second-order valence-electron chi connectivity index (χ2n) is 5.28. The van der Waals surface area contributed by atoms with Gasteiger partial charge in [-0.1, -0.05) is 56.3 Å². The third kappa shape index (κ3) is 4.34. The highest BCUT2D eigenvalue weighted by molar-refractivity contribution is 5.85. The first-order valence-electron chi connectivity index (χ1n) is 7.02. The monoisotopic (exact) mass is 257 g/mol. The summed E-state index contributed by atoms with van der Waals surface area (Å²) < 4.78 is 5.56. The molecule has 0 aromatic heterocycles. The van der Waals surface area contributed by atoms with Crippen LogP contribution in [0.1, 0.15) is 19.4 Å². The number of rotatable bonds is 7. The Kier molecular flexibility index (Phi) is 5.37. The van der Waals surface area contributed by atoms with Gasteiger partial charge in [-0.25, -0.2) is 0 Å². The summed E-state index contributed by atoms with van der Waals surface area (Å²) in [5.74, 6) is 0.609. The summed E-state index contributed by atoms with van der Waals surface area (Å²) in [6, 6.07) is 15.0. The van der Waals surface area contributed by atoms with Crippen molar-refractivity contribution in [1.82, 2.24) is 5.32 Å². The van der Waals surface area contributed by atoms with E-state index in [9.17, 15) is 0 Å². The van der Waals surface area contributed by atoms with Crippen LogP contribution in [-0.2, 0) is 11.3 Å². The van der Waals surface area contributed by atoms with E-state index in [-0.39, 0.29) is 0 Å². The van der Waals surface area contributed by atoms with Crippen molar-refractivity contribution in [1.29, 1.82) is 0 Å². The molecule has 0 atom stereocenters. The smallest absolute Gasteiger partial charge is 0.0591 e. The average molecular weight is 257 g/mol. The molecule has 2 rings (SSSR count). The van der Waals surface area contributed by atoms with Crippen LogP contribution in [0.25, 0.3) is 10.8 Å². The Morgan fingerprint density at radius 2 is 1.84 bits per heavy atom. The summed E-state index contributed by atoms with van der Waals surface area (Å²) >= 11 is 0. The molecular formula is C17H23NO. The van der Waals surface area contributed by atoms with Crippen molar-refractivity contribution in [2.45, 2.75) is 20.4 Å². The lowest BCUT2D eigenvalue weighted by molar-refractivity contribution is 0.111. The van der Waals surface area contributed by atoms with Crippen LogP contribution in [-0.4, -0.2) is 19.8 Å². The van der Waals surface area contributed by atoms with Gasteiger partial charge >= 0.3 is 0 Å². The van der Waals surface area contributed by atoms with Crippen molar-refractivity contribution in [3.63, 3.8) is 0 Å². The van der Waals surface area contributed by atoms with E-state index in [2.05, 4.69) is 61.6 Å². The molecule has 2 aromatic rings. The van der Waals surface area contributed by atoms with Crippen molar-refractivity contribution >= 4 is 10.8 Å².